The van der Waals surface area contributed by atoms with E-state index in [4.69, 9.17) is 4.74 Å². The number of amides is 1. The normalized spacial score (nSPS) is 13.1. The fourth-order valence-electron chi connectivity index (χ4n) is 3.31. The van der Waals surface area contributed by atoms with Crippen molar-refractivity contribution in [2.75, 3.05) is 12.4 Å². The first-order chi connectivity index (χ1) is 13.2. The molecule has 138 valence electrons. The molecular formula is C20H19N3O3S. The second-order valence-corrected chi connectivity index (χ2v) is 7.48. The number of aromatic nitrogens is 2. The molecule has 0 spiro atoms. The maximum absolute atomic E-state index is 12.7. The number of para-hydroxylation sites is 1. The van der Waals surface area contributed by atoms with Gasteiger partial charge in [-0.2, -0.15) is 5.10 Å². The van der Waals surface area contributed by atoms with Gasteiger partial charge in [-0.05, 0) is 43.4 Å². The van der Waals surface area contributed by atoms with Crippen LogP contribution in [0.25, 0.3) is 5.69 Å². The molecule has 1 aliphatic carbocycles. The molecule has 4 rings (SSSR count). The molecule has 0 aliphatic heterocycles. The molecule has 1 N–H and O–H groups in total. The molecule has 0 atom stereocenters. The van der Waals surface area contributed by atoms with E-state index in [1.165, 1.54) is 24.6 Å². The Bertz CT molecular complexity index is 991. The molecule has 1 amide bonds. The summed E-state index contributed by atoms with van der Waals surface area (Å²) in [5, 5.41) is 7.71. The highest BCUT2D eigenvalue weighted by Gasteiger charge is 2.27. The van der Waals surface area contributed by atoms with Crippen LogP contribution < -0.4 is 5.32 Å². The lowest BCUT2D eigenvalue weighted by Gasteiger charge is -2.11. The summed E-state index contributed by atoms with van der Waals surface area (Å²) in [5.74, 6) is -0.689. The van der Waals surface area contributed by atoms with Crippen molar-refractivity contribution in [3.63, 3.8) is 0 Å². The molecule has 0 fully saturated rings. The van der Waals surface area contributed by atoms with Gasteiger partial charge in [-0.3, -0.25) is 4.79 Å². The van der Waals surface area contributed by atoms with Crippen molar-refractivity contribution in [2.24, 2.45) is 0 Å². The van der Waals surface area contributed by atoms with Crippen LogP contribution in [-0.2, 0) is 17.6 Å². The maximum Gasteiger partial charge on any atom is 0.341 e. The number of nitrogens with one attached hydrogen (secondary N) is 1. The van der Waals surface area contributed by atoms with Crippen molar-refractivity contribution < 1.29 is 14.3 Å². The molecule has 27 heavy (non-hydrogen) atoms. The molecule has 1 aromatic carbocycles. The van der Waals surface area contributed by atoms with Crippen LogP contribution in [0.3, 0.4) is 0 Å². The zero-order chi connectivity index (χ0) is 18.8. The van der Waals surface area contributed by atoms with E-state index in [0.717, 1.165) is 41.8 Å². The van der Waals surface area contributed by atoms with E-state index < -0.39 is 5.97 Å². The van der Waals surface area contributed by atoms with Gasteiger partial charge >= 0.3 is 5.97 Å². The van der Waals surface area contributed by atoms with Gasteiger partial charge in [0.2, 0.25) is 0 Å². The maximum atomic E-state index is 12.7. The quantitative estimate of drug-likeness (QED) is 0.697. The number of fused-ring (bicyclic) bond motifs is 1. The fourth-order valence-corrected chi connectivity index (χ4v) is 4.58. The van der Waals surface area contributed by atoms with Crippen LogP contribution in [0, 0.1) is 0 Å². The Hall–Kier alpha value is -2.93. The number of benzene rings is 1. The fraction of sp³-hybridized carbons (Fsp3) is 0.250. The van der Waals surface area contributed by atoms with Crippen molar-refractivity contribution >= 4 is 28.2 Å². The number of carbonyl (C=O) groups excluding carboxylic acids is 2. The third-order valence-electron chi connectivity index (χ3n) is 4.65. The van der Waals surface area contributed by atoms with Gasteiger partial charge in [0.1, 0.15) is 5.00 Å². The van der Waals surface area contributed by atoms with Gasteiger partial charge in [-0.25, -0.2) is 9.48 Å². The van der Waals surface area contributed by atoms with Gasteiger partial charge < -0.3 is 10.1 Å². The topological polar surface area (TPSA) is 73.2 Å². The number of hydrogen-bond donors (Lipinski definition) is 1. The molecule has 0 saturated carbocycles. The lowest BCUT2D eigenvalue weighted by Crippen LogP contribution is -2.14. The predicted octanol–water partition coefficient (Wildman–Crippen LogP) is 3.85. The SMILES string of the molecule is COC(=O)c1c(NC(=O)c2cnn(-c3ccccc3)c2)sc2c1CCCC2. The summed E-state index contributed by atoms with van der Waals surface area (Å²) < 4.78 is 6.60. The minimum absolute atomic E-state index is 0.291. The summed E-state index contributed by atoms with van der Waals surface area (Å²) in [7, 11) is 1.37. The summed E-state index contributed by atoms with van der Waals surface area (Å²) in [6.07, 6.45) is 7.13. The van der Waals surface area contributed by atoms with E-state index in [1.54, 1.807) is 10.9 Å². The van der Waals surface area contributed by atoms with Crippen LogP contribution in [-0.4, -0.2) is 28.8 Å². The Kier molecular flexibility index (Phi) is 4.77. The van der Waals surface area contributed by atoms with Crippen molar-refractivity contribution in [3.05, 3.63) is 64.3 Å². The smallest absolute Gasteiger partial charge is 0.341 e. The third kappa shape index (κ3) is 3.38. The van der Waals surface area contributed by atoms with Crippen LogP contribution >= 0.6 is 11.3 Å². The standard InChI is InChI=1S/C20H19N3O3S/c1-26-20(25)17-15-9-5-6-10-16(15)27-19(17)22-18(24)13-11-21-23(12-13)14-7-3-2-4-8-14/h2-4,7-8,11-12H,5-6,9-10H2,1H3,(H,22,24). The molecule has 1 aliphatic rings. The van der Waals surface area contributed by atoms with Crippen LogP contribution in [0.4, 0.5) is 5.00 Å². The number of carbonyl (C=O) groups is 2. The first-order valence-corrected chi connectivity index (χ1v) is 9.63. The number of rotatable bonds is 4. The highest BCUT2D eigenvalue weighted by Crippen LogP contribution is 2.38. The number of methoxy groups -OCH3 is 1. The zero-order valence-electron chi connectivity index (χ0n) is 14.9. The summed E-state index contributed by atoms with van der Waals surface area (Å²) in [6.45, 7) is 0. The van der Waals surface area contributed by atoms with E-state index >= 15 is 0 Å². The number of thiophene rings is 1. The molecule has 0 saturated heterocycles. The molecule has 3 aromatic rings. The largest absolute Gasteiger partial charge is 0.465 e. The van der Waals surface area contributed by atoms with Crippen molar-refractivity contribution in [3.8, 4) is 5.69 Å². The number of ether oxygens (including phenoxy) is 1. The van der Waals surface area contributed by atoms with Gasteiger partial charge in [0.05, 0.1) is 30.1 Å². The molecule has 2 heterocycles. The Morgan fingerprint density at radius 1 is 1.19 bits per heavy atom. The average Bonchev–Trinajstić information content (AvgIpc) is 3.33. The Morgan fingerprint density at radius 3 is 2.74 bits per heavy atom. The number of hydrogen-bond acceptors (Lipinski definition) is 5. The minimum Gasteiger partial charge on any atom is -0.465 e. The van der Waals surface area contributed by atoms with Crippen molar-refractivity contribution in [1.29, 1.82) is 0 Å². The second-order valence-electron chi connectivity index (χ2n) is 6.37. The summed E-state index contributed by atoms with van der Waals surface area (Å²) in [4.78, 5) is 26.2. The van der Waals surface area contributed by atoms with Gasteiger partial charge in [-0.1, -0.05) is 18.2 Å². The van der Waals surface area contributed by atoms with Crippen LogP contribution in [0.15, 0.2) is 42.7 Å². The van der Waals surface area contributed by atoms with Gasteiger partial charge in [0, 0.05) is 11.1 Å². The van der Waals surface area contributed by atoms with Gasteiger partial charge in [0.15, 0.2) is 0 Å². The number of nitrogens with zero attached hydrogens (tertiary/aromatic N) is 2. The third-order valence-corrected chi connectivity index (χ3v) is 5.86. The van der Waals surface area contributed by atoms with E-state index in [1.807, 2.05) is 30.3 Å². The Labute approximate surface area is 160 Å². The molecule has 7 heteroatoms. The second kappa shape index (κ2) is 7.36. The van der Waals surface area contributed by atoms with E-state index in [2.05, 4.69) is 10.4 Å². The van der Waals surface area contributed by atoms with Crippen molar-refractivity contribution in [1.82, 2.24) is 9.78 Å². The number of esters is 1. The highest BCUT2D eigenvalue weighted by molar-refractivity contribution is 7.17. The van der Waals surface area contributed by atoms with E-state index in [0.29, 0.717) is 16.1 Å². The van der Waals surface area contributed by atoms with E-state index in [-0.39, 0.29) is 5.91 Å². The monoisotopic (exact) mass is 381 g/mol. The molecule has 0 radical (unpaired) electrons. The van der Waals surface area contributed by atoms with E-state index in [9.17, 15) is 9.59 Å². The number of anilines is 1. The lowest BCUT2D eigenvalue weighted by molar-refractivity contribution is 0.0601. The molecular weight excluding hydrogens is 362 g/mol. The van der Waals surface area contributed by atoms with Gasteiger partial charge in [0.25, 0.3) is 5.91 Å². The first kappa shape index (κ1) is 17.5. The molecule has 6 nitrogen and oxygen atoms in total. The zero-order valence-corrected chi connectivity index (χ0v) is 15.7. The van der Waals surface area contributed by atoms with Crippen molar-refractivity contribution in [2.45, 2.75) is 25.7 Å². The summed E-state index contributed by atoms with van der Waals surface area (Å²) in [6, 6.07) is 9.58. The summed E-state index contributed by atoms with van der Waals surface area (Å²) in [5.41, 5.74) is 2.83. The summed E-state index contributed by atoms with van der Waals surface area (Å²) >= 11 is 1.47. The predicted molar refractivity (Wildman–Crippen MR) is 104 cm³/mol. The molecule has 0 unspecified atom stereocenters. The Balaban J connectivity index is 1.61. The highest BCUT2D eigenvalue weighted by atomic mass is 32.1. The van der Waals surface area contributed by atoms with Crippen LogP contribution in [0.2, 0.25) is 0 Å². The van der Waals surface area contributed by atoms with Gasteiger partial charge in [-0.15, -0.1) is 11.3 Å². The number of aryl methyl sites for hydroxylation is 1. The Morgan fingerprint density at radius 2 is 1.96 bits per heavy atom. The molecule has 0 bridgehead atoms. The average molecular weight is 381 g/mol. The minimum atomic E-state index is -0.398. The first-order valence-electron chi connectivity index (χ1n) is 8.81. The van der Waals surface area contributed by atoms with Crippen LogP contribution in [0.5, 0.6) is 0 Å². The van der Waals surface area contributed by atoms with Crippen LogP contribution in [0.1, 0.15) is 44.0 Å². The molecule has 2 aromatic heterocycles. The lowest BCUT2D eigenvalue weighted by atomic mass is 9.95.